The molecule has 28 heavy (non-hydrogen) atoms. The van der Waals surface area contributed by atoms with E-state index in [4.69, 9.17) is 0 Å². The van der Waals surface area contributed by atoms with E-state index < -0.39 is 0 Å². The van der Waals surface area contributed by atoms with Crippen LogP contribution in [0.5, 0.6) is 0 Å². The maximum absolute atomic E-state index is 9.71. The van der Waals surface area contributed by atoms with Crippen molar-refractivity contribution in [3.8, 4) is 0 Å². The van der Waals surface area contributed by atoms with E-state index in [1.54, 1.807) is 0 Å². The van der Waals surface area contributed by atoms with Crippen LogP contribution in [-0.2, 0) is 0 Å². The molecule has 162 valence electrons. The molecule has 0 unspecified atom stereocenters. The Kier molecular flexibility index (Phi) is 6.87. The number of rotatable bonds is 7. The van der Waals surface area contributed by atoms with Gasteiger partial charge in [0.05, 0.1) is 5.71 Å². The van der Waals surface area contributed by atoms with Gasteiger partial charge in [-0.25, -0.2) is 0 Å². The SMILES string of the molecule is CCC[C@@]1(C)C(=NO)CC[C@H]2[C@@H]3CC[C@H]([C@H](C)CCCC(C)C)[C@@]3(C)CC[C@@H]21. The molecule has 3 rings (SSSR count). The molecule has 2 heteroatoms. The van der Waals surface area contributed by atoms with Crippen molar-refractivity contribution in [2.45, 2.75) is 112 Å². The van der Waals surface area contributed by atoms with Crippen LogP contribution in [0.15, 0.2) is 5.16 Å². The second kappa shape index (κ2) is 8.68. The largest absolute Gasteiger partial charge is 0.411 e. The van der Waals surface area contributed by atoms with Crippen LogP contribution in [0.25, 0.3) is 0 Å². The molecule has 0 aliphatic heterocycles. The van der Waals surface area contributed by atoms with Gasteiger partial charge in [0, 0.05) is 5.41 Å². The topological polar surface area (TPSA) is 32.6 Å². The first-order valence-corrected chi connectivity index (χ1v) is 12.5. The third-order valence-electron chi connectivity index (χ3n) is 9.72. The first-order chi connectivity index (χ1) is 13.3. The van der Waals surface area contributed by atoms with E-state index in [0.717, 1.165) is 47.6 Å². The monoisotopic (exact) mass is 389 g/mol. The first-order valence-electron chi connectivity index (χ1n) is 12.5. The van der Waals surface area contributed by atoms with Crippen LogP contribution in [0.3, 0.4) is 0 Å². The molecular weight excluding hydrogens is 342 g/mol. The second-order valence-electron chi connectivity index (χ2n) is 11.7. The summed E-state index contributed by atoms with van der Waals surface area (Å²) in [5.74, 6) is 5.14. The Balaban J connectivity index is 1.75. The standard InChI is InChI=1S/C26H47NO/c1-7-16-26(6)23-15-17-25(5)21(19(4)10-8-9-18(2)3)12-13-22(25)20(23)11-14-24(26)27-28/h18-23,28H,7-17H2,1-6H3/t19-,20+,21-,22+,23+,25-,26-/m1/s1. The van der Waals surface area contributed by atoms with Gasteiger partial charge in [-0.1, -0.05) is 72.4 Å². The Morgan fingerprint density at radius 3 is 2.43 bits per heavy atom. The minimum Gasteiger partial charge on any atom is -0.411 e. The molecule has 7 atom stereocenters. The van der Waals surface area contributed by atoms with E-state index in [-0.39, 0.29) is 5.41 Å². The average Bonchev–Trinajstić information content (AvgIpc) is 2.99. The smallest absolute Gasteiger partial charge is 0.0632 e. The van der Waals surface area contributed by atoms with Crippen molar-refractivity contribution in [2.24, 2.45) is 51.5 Å². The van der Waals surface area contributed by atoms with Gasteiger partial charge in [-0.15, -0.1) is 0 Å². The highest BCUT2D eigenvalue weighted by Gasteiger charge is 2.59. The van der Waals surface area contributed by atoms with Gasteiger partial charge in [-0.05, 0) is 85.9 Å². The van der Waals surface area contributed by atoms with Crippen LogP contribution in [0.4, 0.5) is 0 Å². The van der Waals surface area contributed by atoms with E-state index in [1.807, 2.05) is 0 Å². The molecule has 0 aromatic rings. The lowest BCUT2D eigenvalue weighted by atomic mass is 9.47. The Morgan fingerprint density at radius 1 is 1.04 bits per heavy atom. The van der Waals surface area contributed by atoms with Crippen LogP contribution in [-0.4, -0.2) is 10.9 Å². The molecule has 1 N–H and O–H groups in total. The Bertz CT molecular complexity index is 555. The van der Waals surface area contributed by atoms with E-state index in [2.05, 4.69) is 46.7 Å². The summed E-state index contributed by atoms with van der Waals surface area (Å²) in [5, 5.41) is 13.5. The van der Waals surface area contributed by atoms with Crippen LogP contribution in [0.2, 0.25) is 0 Å². The molecule has 3 saturated carbocycles. The van der Waals surface area contributed by atoms with E-state index in [1.165, 1.54) is 64.2 Å². The molecule has 0 bridgehead atoms. The molecule has 3 aliphatic rings. The quantitative estimate of drug-likeness (QED) is 0.348. The first kappa shape index (κ1) is 22.2. The zero-order valence-electron chi connectivity index (χ0n) is 19.6. The minimum atomic E-state index is 0.134. The Morgan fingerprint density at radius 2 is 1.79 bits per heavy atom. The lowest BCUT2D eigenvalue weighted by molar-refractivity contribution is -0.0449. The molecule has 0 aromatic carbocycles. The average molecular weight is 390 g/mol. The van der Waals surface area contributed by atoms with Crippen LogP contribution < -0.4 is 0 Å². The minimum absolute atomic E-state index is 0.134. The van der Waals surface area contributed by atoms with Crippen molar-refractivity contribution in [2.75, 3.05) is 0 Å². The van der Waals surface area contributed by atoms with Crippen molar-refractivity contribution in [3.05, 3.63) is 0 Å². The van der Waals surface area contributed by atoms with Gasteiger partial charge in [0.15, 0.2) is 0 Å². The lowest BCUT2D eigenvalue weighted by Gasteiger charge is -2.57. The van der Waals surface area contributed by atoms with Crippen LogP contribution >= 0.6 is 0 Å². The summed E-state index contributed by atoms with van der Waals surface area (Å²) in [6.07, 6.45) is 14.5. The summed E-state index contributed by atoms with van der Waals surface area (Å²) in [5.41, 5.74) is 1.80. The Hall–Kier alpha value is -0.530. The van der Waals surface area contributed by atoms with Crippen molar-refractivity contribution < 1.29 is 5.21 Å². The van der Waals surface area contributed by atoms with E-state index in [9.17, 15) is 5.21 Å². The number of oxime groups is 1. The summed E-state index contributed by atoms with van der Waals surface area (Å²) in [4.78, 5) is 0. The number of nitrogens with zero attached hydrogens (tertiary/aromatic N) is 1. The highest BCUT2D eigenvalue weighted by molar-refractivity contribution is 5.90. The molecule has 0 radical (unpaired) electrons. The van der Waals surface area contributed by atoms with Crippen molar-refractivity contribution in [1.82, 2.24) is 0 Å². The van der Waals surface area contributed by atoms with Gasteiger partial charge in [0.25, 0.3) is 0 Å². The molecule has 3 aliphatic carbocycles. The summed E-state index contributed by atoms with van der Waals surface area (Å²) >= 11 is 0. The predicted octanol–water partition coefficient (Wildman–Crippen LogP) is 7.94. The third-order valence-corrected chi connectivity index (χ3v) is 9.72. The molecule has 3 fully saturated rings. The van der Waals surface area contributed by atoms with E-state index in [0.29, 0.717) is 5.41 Å². The molecule has 0 heterocycles. The van der Waals surface area contributed by atoms with Crippen LogP contribution in [0.1, 0.15) is 112 Å². The highest BCUT2D eigenvalue weighted by atomic mass is 16.4. The molecule has 0 spiro atoms. The fourth-order valence-electron chi connectivity index (χ4n) is 8.32. The lowest BCUT2D eigenvalue weighted by Crippen LogP contribution is -2.52. The van der Waals surface area contributed by atoms with Gasteiger partial charge in [-0.2, -0.15) is 0 Å². The normalized spacial score (nSPS) is 43.2. The van der Waals surface area contributed by atoms with Crippen molar-refractivity contribution >= 4 is 5.71 Å². The maximum Gasteiger partial charge on any atom is 0.0632 e. The summed E-state index contributed by atoms with van der Waals surface area (Å²) in [7, 11) is 0. The second-order valence-corrected chi connectivity index (χ2v) is 11.7. The fraction of sp³-hybridized carbons (Fsp3) is 0.962. The maximum atomic E-state index is 9.71. The molecule has 0 aromatic heterocycles. The molecular formula is C26H47NO. The number of fused-ring (bicyclic) bond motifs is 3. The fourth-order valence-corrected chi connectivity index (χ4v) is 8.32. The number of hydrogen-bond donors (Lipinski definition) is 1. The molecule has 2 nitrogen and oxygen atoms in total. The summed E-state index contributed by atoms with van der Waals surface area (Å²) < 4.78 is 0. The zero-order chi connectivity index (χ0) is 20.5. The van der Waals surface area contributed by atoms with Crippen molar-refractivity contribution in [1.29, 1.82) is 0 Å². The van der Waals surface area contributed by atoms with Gasteiger partial charge in [0.2, 0.25) is 0 Å². The van der Waals surface area contributed by atoms with Crippen molar-refractivity contribution in [3.63, 3.8) is 0 Å². The highest BCUT2D eigenvalue weighted by Crippen LogP contribution is 2.66. The van der Waals surface area contributed by atoms with Gasteiger partial charge in [-0.3, -0.25) is 0 Å². The van der Waals surface area contributed by atoms with Gasteiger partial charge < -0.3 is 5.21 Å². The molecule has 0 amide bonds. The summed E-state index contributed by atoms with van der Waals surface area (Å²) in [6, 6.07) is 0. The summed E-state index contributed by atoms with van der Waals surface area (Å²) in [6.45, 7) is 14.7. The van der Waals surface area contributed by atoms with E-state index >= 15 is 0 Å². The predicted molar refractivity (Wildman–Crippen MR) is 120 cm³/mol. The number of hydrogen-bond acceptors (Lipinski definition) is 2. The van der Waals surface area contributed by atoms with Gasteiger partial charge in [0.1, 0.15) is 0 Å². The molecule has 0 saturated heterocycles. The van der Waals surface area contributed by atoms with Gasteiger partial charge >= 0.3 is 0 Å². The van der Waals surface area contributed by atoms with Crippen LogP contribution in [0, 0.1) is 46.3 Å². The zero-order valence-corrected chi connectivity index (χ0v) is 19.6. The Labute approximate surface area is 174 Å². The third kappa shape index (κ3) is 3.79.